The first-order valence-electron chi connectivity index (χ1n) is 8.33. The maximum absolute atomic E-state index is 13.7. The fraction of sp³-hybridized carbons (Fsp3) is 0.150. The van der Waals surface area contributed by atoms with E-state index >= 15 is 0 Å². The van der Waals surface area contributed by atoms with Gasteiger partial charge in [0, 0.05) is 29.6 Å². The van der Waals surface area contributed by atoms with Crippen molar-refractivity contribution in [1.29, 1.82) is 0 Å². The first-order valence-corrected chi connectivity index (χ1v) is 8.33. The molecule has 27 heavy (non-hydrogen) atoms. The highest BCUT2D eigenvalue weighted by molar-refractivity contribution is 5.90. The second kappa shape index (κ2) is 8.27. The Morgan fingerprint density at radius 1 is 1.11 bits per heavy atom. The number of hydrogen-bond acceptors (Lipinski definition) is 6. The van der Waals surface area contributed by atoms with Crippen molar-refractivity contribution in [3.63, 3.8) is 0 Å². The van der Waals surface area contributed by atoms with Gasteiger partial charge in [-0.1, -0.05) is 24.3 Å². The highest BCUT2D eigenvalue weighted by Crippen LogP contribution is 2.19. The molecule has 6 nitrogen and oxygen atoms in total. The summed E-state index contributed by atoms with van der Waals surface area (Å²) in [6, 6.07) is 15.2. The number of esters is 1. The maximum atomic E-state index is 13.7. The molecule has 3 aromatic rings. The van der Waals surface area contributed by atoms with Gasteiger partial charge in [-0.25, -0.2) is 14.2 Å². The molecule has 0 unspecified atom stereocenters. The summed E-state index contributed by atoms with van der Waals surface area (Å²) in [7, 11) is 1.34. The SMILES string of the molecule is COC(=O)c1cccc(Nc2cc(C)nc(NCc3ccccc3F)n2)c1. The van der Waals surface area contributed by atoms with Gasteiger partial charge < -0.3 is 15.4 Å². The standard InChI is InChI=1S/C20H19FN4O2/c1-13-10-18(24-16-8-5-7-14(11-16)19(26)27-2)25-20(23-13)22-12-15-6-3-4-9-17(15)21/h3-11H,12H2,1-2H3,(H2,22,23,24,25). The summed E-state index contributed by atoms with van der Waals surface area (Å²) in [4.78, 5) is 20.4. The highest BCUT2D eigenvalue weighted by Gasteiger charge is 2.08. The quantitative estimate of drug-likeness (QED) is 0.641. The summed E-state index contributed by atoms with van der Waals surface area (Å²) >= 11 is 0. The Balaban J connectivity index is 1.75. The molecule has 2 aromatic carbocycles. The van der Waals surface area contributed by atoms with Gasteiger partial charge in [0.05, 0.1) is 12.7 Å². The van der Waals surface area contributed by atoms with Crippen LogP contribution in [0.4, 0.5) is 21.8 Å². The van der Waals surface area contributed by atoms with Crippen molar-refractivity contribution in [3.8, 4) is 0 Å². The van der Waals surface area contributed by atoms with Crippen molar-refractivity contribution >= 4 is 23.4 Å². The number of carbonyl (C=O) groups excluding carboxylic acids is 1. The van der Waals surface area contributed by atoms with Gasteiger partial charge in [-0.15, -0.1) is 0 Å². The van der Waals surface area contributed by atoms with Crippen LogP contribution in [0.15, 0.2) is 54.6 Å². The number of halogens is 1. The Bertz CT molecular complexity index is 962. The molecular formula is C20H19FN4O2. The third-order valence-corrected chi connectivity index (χ3v) is 3.81. The minimum absolute atomic E-state index is 0.271. The Hall–Kier alpha value is -3.48. The van der Waals surface area contributed by atoms with Crippen molar-refractivity contribution in [3.05, 3.63) is 77.2 Å². The van der Waals surface area contributed by atoms with Crippen molar-refractivity contribution in [2.75, 3.05) is 17.7 Å². The van der Waals surface area contributed by atoms with Gasteiger partial charge in [-0.05, 0) is 31.2 Å². The van der Waals surface area contributed by atoms with Crippen LogP contribution in [0.3, 0.4) is 0 Å². The molecule has 2 N–H and O–H groups in total. The maximum Gasteiger partial charge on any atom is 0.337 e. The van der Waals surface area contributed by atoms with Crippen molar-refractivity contribution < 1.29 is 13.9 Å². The molecule has 0 aliphatic rings. The van der Waals surface area contributed by atoms with E-state index in [1.54, 1.807) is 42.5 Å². The highest BCUT2D eigenvalue weighted by atomic mass is 19.1. The van der Waals surface area contributed by atoms with Gasteiger partial charge in [-0.3, -0.25) is 0 Å². The fourth-order valence-corrected chi connectivity index (χ4v) is 2.52. The molecule has 0 amide bonds. The first kappa shape index (κ1) is 18.3. The minimum atomic E-state index is -0.412. The molecule has 0 aliphatic heterocycles. The van der Waals surface area contributed by atoms with E-state index in [4.69, 9.17) is 4.74 Å². The van der Waals surface area contributed by atoms with Crippen LogP contribution in [0.25, 0.3) is 0 Å². The predicted octanol–water partition coefficient (Wildman–Crippen LogP) is 4.07. The number of ether oxygens (including phenoxy) is 1. The molecule has 0 atom stereocenters. The van der Waals surface area contributed by atoms with E-state index in [1.165, 1.54) is 13.2 Å². The summed E-state index contributed by atoms with van der Waals surface area (Å²) in [5.41, 5.74) is 2.40. The van der Waals surface area contributed by atoms with Crippen LogP contribution >= 0.6 is 0 Å². The van der Waals surface area contributed by atoms with E-state index in [2.05, 4.69) is 20.6 Å². The minimum Gasteiger partial charge on any atom is -0.465 e. The van der Waals surface area contributed by atoms with Crippen LogP contribution in [0.2, 0.25) is 0 Å². The van der Waals surface area contributed by atoms with Crippen LogP contribution in [-0.4, -0.2) is 23.0 Å². The Morgan fingerprint density at radius 2 is 1.93 bits per heavy atom. The molecule has 1 aromatic heterocycles. The molecule has 0 bridgehead atoms. The largest absolute Gasteiger partial charge is 0.465 e. The lowest BCUT2D eigenvalue weighted by atomic mass is 10.2. The smallest absolute Gasteiger partial charge is 0.337 e. The lowest BCUT2D eigenvalue weighted by Crippen LogP contribution is -2.07. The van der Waals surface area contributed by atoms with Gasteiger partial charge in [0.1, 0.15) is 11.6 Å². The molecule has 0 radical (unpaired) electrons. The predicted molar refractivity (Wildman–Crippen MR) is 102 cm³/mol. The second-order valence-electron chi connectivity index (χ2n) is 5.86. The van der Waals surface area contributed by atoms with Crippen LogP contribution in [0, 0.1) is 12.7 Å². The Labute approximate surface area is 156 Å². The summed E-state index contributed by atoms with van der Waals surface area (Å²) < 4.78 is 18.5. The molecule has 1 heterocycles. The van der Waals surface area contributed by atoms with Gasteiger partial charge >= 0.3 is 5.97 Å². The molecule has 0 aliphatic carbocycles. The third kappa shape index (κ3) is 4.78. The third-order valence-electron chi connectivity index (χ3n) is 3.81. The zero-order valence-corrected chi connectivity index (χ0v) is 15.0. The summed E-state index contributed by atoms with van der Waals surface area (Å²) in [5.74, 6) is 0.241. The normalized spacial score (nSPS) is 10.3. The number of methoxy groups -OCH3 is 1. The molecule has 0 saturated heterocycles. The number of aryl methyl sites for hydroxylation is 1. The zero-order valence-electron chi connectivity index (χ0n) is 15.0. The number of nitrogens with zero attached hydrogens (tertiary/aromatic N) is 2. The van der Waals surface area contributed by atoms with E-state index in [0.29, 0.717) is 28.6 Å². The van der Waals surface area contributed by atoms with E-state index in [0.717, 1.165) is 5.69 Å². The number of anilines is 3. The average Bonchev–Trinajstić information content (AvgIpc) is 2.66. The lowest BCUT2D eigenvalue weighted by Gasteiger charge is -2.11. The number of hydrogen-bond donors (Lipinski definition) is 2. The Morgan fingerprint density at radius 3 is 2.70 bits per heavy atom. The van der Waals surface area contributed by atoms with E-state index in [-0.39, 0.29) is 12.4 Å². The summed E-state index contributed by atoms with van der Waals surface area (Å²) in [6.45, 7) is 2.11. The topological polar surface area (TPSA) is 76.1 Å². The van der Waals surface area contributed by atoms with Gasteiger partial charge in [0.2, 0.25) is 5.95 Å². The molecule has 0 saturated carbocycles. The number of benzene rings is 2. The second-order valence-corrected chi connectivity index (χ2v) is 5.86. The van der Waals surface area contributed by atoms with E-state index in [9.17, 15) is 9.18 Å². The van der Waals surface area contributed by atoms with Crippen molar-refractivity contribution in [2.45, 2.75) is 13.5 Å². The van der Waals surface area contributed by atoms with Crippen LogP contribution in [-0.2, 0) is 11.3 Å². The van der Waals surface area contributed by atoms with Crippen LogP contribution < -0.4 is 10.6 Å². The molecule has 138 valence electrons. The number of nitrogens with one attached hydrogen (secondary N) is 2. The van der Waals surface area contributed by atoms with E-state index < -0.39 is 5.97 Å². The summed E-state index contributed by atoms with van der Waals surface area (Å²) in [6.07, 6.45) is 0. The molecule has 7 heteroatoms. The Kier molecular flexibility index (Phi) is 5.61. The van der Waals surface area contributed by atoms with Crippen molar-refractivity contribution in [2.24, 2.45) is 0 Å². The van der Waals surface area contributed by atoms with Gasteiger partial charge in [0.15, 0.2) is 0 Å². The van der Waals surface area contributed by atoms with Gasteiger partial charge in [0.25, 0.3) is 0 Å². The number of rotatable bonds is 6. The fourth-order valence-electron chi connectivity index (χ4n) is 2.52. The molecule has 0 spiro atoms. The van der Waals surface area contributed by atoms with Crippen LogP contribution in [0.1, 0.15) is 21.6 Å². The van der Waals surface area contributed by atoms with Gasteiger partial charge in [-0.2, -0.15) is 4.98 Å². The van der Waals surface area contributed by atoms with Crippen molar-refractivity contribution in [1.82, 2.24) is 9.97 Å². The molecule has 0 fully saturated rings. The number of aromatic nitrogens is 2. The lowest BCUT2D eigenvalue weighted by molar-refractivity contribution is 0.0601. The van der Waals surface area contributed by atoms with Crippen LogP contribution in [0.5, 0.6) is 0 Å². The zero-order chi connectivity index (χ0) is 19.2. The molecular weight excluding hydrogens is 347 g/mol. The summed E-state index contributed by atoms with van der Waals surface area (Å²) in [5, 5.41) is 6.17. The molecule has 3 rings (SSSR count). The monoisotopic (exact) mass is 366 g/mol. The number of carbonyl (C=O) groups is 1. The van der Waals surface area contributed by atoms with E-state index in [1.807, 2.05) is 13.0 Å². The average molecular weight is 366 g/mol. The first-order chi connectivity index (χ1) is 13.0.